The number of carbonyl (C=O) groups excluding carboxylic acids is 1. The van der Waals surface area contributed by atoms with Crippen LogP contribution < -0.4 is 0 Å². The summed E-state index contributed by atoms with van der Waals surface area (Å²) in [4.78, 5) is 24.5. The average Bonchev–Trinajstić information content (AvgIpc) is 2.48. The molecule has 0 aromatic rings. The van der Waals surface area contributed by atoms with Crippen molar-refractivity contribution in [2.45, 2.75) is 31.5 Å². The highest BCUT2D eigenvalue weighted by Gasteiger charge is 2.64. The molecule has 2 fully saturated rings. The molecule has 2 heterocycles. The Hall–Kier alpha value is -1.82. The first kappa shape index (κ1) is 12.6. The van der Waals surface area contributed by atoms with Crippen LogP contribution in [-0.4, -0.2) is 45.4 Å². The van der Waals surface area contributed by atoms with Gasteiger partial charge in [-0.25, -0.2) is 4.79 Å². The van der Waals surface area contributed by atoms with Crippen molar-refractivity contribution in [3.63, 3.8) is 0 Å². The number of aliphatic carboxylic acids is 1. The molecular weight excluding hydrogens is 238 g/mol. The van der Waals surface area contributed by atoms with Crippen LogP contribution in [0.1, 0.15) is 19.8 Å². The lowest BCUT2D eigenvalue weighted by atomic mass is 9.86. The highest BCUT2D eigenvalue weighted by atomic mass is 16.5. The van der Waals surface area contributed by atoms with Gasteiger partial charge in [0.05, 0.1) is 13.0 Å². The van der Waals surface area contributed by atoms with Gasteiger partial charge in [-0.3, -0.25) is 9.69 Å². The van der Waals surface area contributed by atoms with Crippen LogP contribution in [0.3, 0.4) is 0 Å². The fraction of sp³-hybridized carbons (Fsp3) is 0.500. The first-order valence-corrected chi connectivity index (χ1v) is 5.61. The largest absolute Gasteiger partial charge is 0.479 e. The van der Waals surface area contributed by atoms with E-state index in [9.17, 15) is 14.7 Å². The van der Waals surface area contributed by atoms with Gasteiger partial charge >= 0.3 is 5.97 Å². The van der Waals surface area contributed by atoms with Gasteiger partial charge in [-0.2, -0.15) is 0 Å². The van der Waals surface area contributed by atoms with Crippen LogP contribution in [-0.2, 0) is 14.3 Å². The Kier molecular flexibility index (Phi) is 2.90. The zero-order valence-corrected chi connectivity index (χ0v) is 10.0. The van der Waals surface area contributed by atoms with Gasteiger partial charge in [-0.1, -0.05) is 5.57 Å². The minimum absolute atomic E-state index is 0.0798. The van der Waals surface area contributed by atoms with E-state index in [1.165, 1.54) is 11.0 Å². The van der Waals surface area contributed by atoms with Crippen LogP contribution in [0.25, 0.3) is 0 Å². The topological polar surface area (TPSA) is 87.1 Å². The number of aliphatic hydroxyl groups excluding tert-OH is 1. The fourth-order valence-corrected chi connectivity index (χ4v) is 2.50. The molecular formula is C12H15NO5. The molecule has 2 rings (SSSR count). The molecule has 0 radical (unpaired) electrons. The molecule has 6 heteroatoms. The Morgan fingerprint density at radius 3 is 2.83 bits per heavy atom. The van der Waals surface area contributed by atoms with E-state index in [1.807, 2.05) is 0 Å². The molecule has 0 unspecified atom stereocenters. The lowest BCUT2D eigenvalue weighted by Crippen LogP contribution is -2.62. The second-order valence-corrected chi connectivity index (χ2v) is 4.59. The predicted molar refractivity (Wildman–Crippen MR) is 61.3 cm³/mol. The minimum atomic E-state index is -1.55. The average molecular weight is 253 g/mol. The van der Waals surface area contributed by atoms with Crippen LogP contribution in [0.4, 0.5) is 0 Å². The molecule has 0 aromatic carbocycles. The summed E-state index contributed by atoms with van der Waals surface area (Å²) in [6, 6.07) is 0. The number of rotatable bonds is 4. The Labute approximate surface area is 104 Å². The van der Waals surface area contributed by atoms with Gasteiger partial charge in [0, 0.05) is 6.42 Å². The monoisotopic (exact) mass is 253 g/mol. The summed E-state index contributed by atoms with van der Waals surface area (Å²) in [5, 5.41) is 18.5. The summed E-state index contributed by atoms with van der Waals surface area (Å²) < 4.78 is 5.43. The number of hydrogen-bond donors (Lipinski definition) is 2. The van der Waals surface area contributed by atoms with Gasteiger partial charge < -0.3 is 14.9 Å². The Bertz CT molecular complexity index is 455. The van der Waals surface area contributed by atoms with Gasteiger partial charge in [0.15, 0.2) is 6.23 Å². The number of ether oxygens (including phenoxy) is 1. The van der Waals surface area contributed by atoms with E-state index in [1.54, 1.807) is 6.92 Å². The second-order valence-electron chi connectivity index (χ2n) is 4.59. The molecule has 2 atom stereocenters. The number of aliphatic hydroxyl groups is 1. The van der Waals surface area contributed by atoms with Crippen molar-refractivity contribution in [1.29, 1.82) is 0 Å². The number of fused-ring (bicyclic) bond motifs is 1. The van der Waals surface area contributed by atoms with Crippen molar-refractivity contribution in [3.05, 3.63) is 24.0 Å². The van der Waals surface area contributed by atoms with Crippen molar-refractivity contribution < 1.29 is 24.5 Å². The van der Waals surface area contributed by atoms with E-state index < -0.39 is 17.7 Å². The second kappa shape index (κ2) is 4.13. The maximum absolute atomic E-state index is 11.6. The third-order valence-electron chi connectivity index (χ3n) is 3.18. The van der Waals surface area contributed by atoms with E-state index in [4.69, 9.17) is 9.84 Å². The summed E-state index contributed by atoms with van der Waals surface area (Å²) in [5.41, 5.74) is -0.917. The van der Waals surface area contributed by atoms with Gasteiger partial charge in [-0.05, 0) is 13.0 Å². The van der Waals surface area contributed by atoms with Crippen molar-refractivity contribution in [2.24, 2.45) is 0 Å². The lowest BCUT2D eigenvalue weighted by Gasteiger charge is -2.40. The van der Waals surface area contributed by atoms with Crippen molar-refractivity contribution in [1.82, 2.24) is 4.90 Å². The highest BCUT2D eigenvalue weighted by molar-refractivity contribution is 5.94. The number of carboxylic acid groups (broad SMARTS) is 1. The molecule has 0 bridgehead atoms. The van der Waals surface area contributed by atoms with E-state index in [2.05, 4.69) is 6.58 Å². The summed E-state index contributed by atoms with van der Waals surface area (Å²) >= 11 is 0. The molecule has 6 nitrogen and oxygen atoms in total. The number of amides is 1. The zero-order valence-electron chi connectivity index (χ0n) is 10.0. The zero-order chi connectivity index (χ0) is 13.5. The number of hydrogen-bond acceptors (Lipinski definition) is 4. The molecule has 1 amide bonds. The molecule has 2 aliphatic rings. The summed E-state index contributed by atoms with van der Waals surface area (Å²) in [6.45, 7) is 5.06. The molecule has 2 N–H and O–H groups in total. The lowest BCUT2D eigenvalue weighted by molar-refractivity contribution is -0.170. The smallest absolute Gasteiger partial charge is 0.338 e. The molecule has 98 valence electrons. The first-order chi connectivity index (χ1) is 8.43. The van der Waals surface area contributed by atoms with Crippen LogP contribution in [0.15, 0.2) is 24.0 Å². The summed E-state index contributed by atoms with van der Waals surface area (Å²) in [5.74, 6) is -1.30. The van der Waals surface area contributed by atoms with Gasteiger partial charge in [0.25, 0.3) is 0 Å². The molecule has 2 saturated heterocycles. The van der Waals surface area contributed by atoms with Crippen LogP contribution >= 0.6 is 0 Å². The molecule has 18 heavy (non-hydrogen) atoms. The van der Waals surface area contributed by atoms with Crippen molar-refractivity contribution in [2.75, 3.05) is 6.61 Å². The normalized spacial score (nSPS) is 31.9. The molecule has 0 spiro atoms. The maximum Gasteiger partial charge on any atom is 0.338 e. The Morgan fingerprint density at radius 1 is 1.72 bits per heavy atom. The third-order valence-corrected chi connectivity index (χ3v) is 3.18. The fourth-order valence-electron chi connectivity index (χ4n) is 2.50. The molecule has 0 saturated carbocycles. The number of carboxylic acids is 1. The van der Waals surface area contributed by atoms with Gasteiger partial charge in [0.2, 0.25) is 11.4 Å². The van der Waals surface area contributed by atoms with E-state index in [-0.39, 0.29) is 31.1 Å². The SMILES string of the molecule is C=C(C)C[C@]1(C(=O)O)/C(=C/CO)O[C@@H]2CC(=O)N21. The van der Waals surface area contributed by atoms with Crippen molar-refractivity contribution in [3.8, 4) is 0 Å². The number of β-lactam (4-membered cyclic amide) rings is 1. The molecule has 0 aromatic heterocycles. The van der Waals surface area contributed by atoms with Crippen molar-refractivity contribution >= 4 is 11.9 Å². The molecule has 2 aliphatic heterocycles. The van der Waals surface area contributed by atoms with Crippen LogP contribution in [0.5, 0.6) is 0 Å². The first-order valence-electron chi connectivity index (χ1n) is 5.61. The molecule has 0 aliphatic carbocycles. The van der Waals surface area contributed by atoms with E-state index >= 15 is 0 Å². The Balaban J connectivity index is 2.49. The van der Waals surface area contributed by atoms with E-state index in [0.29, 0.717) is 5.57 Å². The van der Waals surface area contributed by atoms with Crippen LogP contribution in [0.2, 0.25) is 0 Å². The standard InChI is InChI=1S/C12H15NO5/c1-7(2)6-12(11(16)17)8(3-4-14)18-10-5-9(15)13(10)12/h3,10,14H,1,4-6H2,2H3,(H,16,17)/b8-3-/t10-,12-/m1/s1. The van der Waals surface area contributed by atoms with Gasteiger partial charge in [0.1, 0.15) is 5.76 Å². The highest BCUT2D eigenvalue weighted by Crippen LogP contribution is 2.47. The number of nitrogens with zero attached hydrogens (tertiary/aromatic N) is 1. The number of carbonyl (C=O) groups is 2. The summed E-state index contributed by atoms with van der Waals surface area (Å²) in [6.07, 6.45) is 1.01. The summed E-state index contributed by atoms with van der Waals surface area (Å²) in [7, 11) is 0. The third kappa shape index (κ3) is 1.53. The maximum atomic E-state index is 11.6. The van der Waals surface area contributed by atoms with Crippen LogP contribution in [0, 0.1) is 0 Å². The minimum Gasteiger partial charge on any atom is -0.479 e. The van der Waals surface area contributed by atoms with E-state index in [0.717, 1.165) is 0 Å². The predicted octanol–water partition coefficient (Wildman–Crippen LogP) is 0.241. The van der Waals surface area contributed by atoms with Gasteiger partial charge in [-0.15, -0.1) is 6.58 Å². The Morgan fingerprint density at radius 2 is 2.39 bits per heavy atom. The quantitative estimate of drug-likeness (QED) is 0.553.